The van der Waals surface area contributed by atoms with Gasteiger partial charge in [-0.05, 0) is 27.2 Å². The zero-order valence-corrected chi connectivity index (χ0v) is 10.0. The van der Waals surface area contributed by atoms with E-state index < -0.39 is 23.7 Å². The van der Waals surface area contributed by atoms with Crippen LogP contribution in [0.15, 0.2) is 4.99 Å². The van der Waals surface area contributed by atoms with Crippen LogP contribution in [-0.4, -0.2) is 41.4 Å². The van der Waals surface area contributed by atoms with Gasteiger partial charge in [0.1, 0.15) is 11.6 Å². The van der Waals surface area contributed by atoms with Crippen LogP contribution in [0.1, 0.15) is 27.2 Å². The van der Waals surface area contributed by atoms with E-state index in [1.54, 1.807) is 20.8 Å². The van der Waals surface area contributed by atoms with Gasteiger partial charge in [-0.3, -0.25) is 0 Å². The first-order chi connectivity index (χ1) is 7.76. The fourth-order valence-electron chi connectivity index (χ4n) is 0.946. The Morgan fingerprint density at radius 3 is 2.47 bits per heavy atom. The Hall–Kier alpha value is -1.88. The summed E-state index contributed by atoms with van der Waals surface area (Å²) in [5.74, 6) is -1.21. The predicted octanol–water partition coefficient (Wildman–Crippen LogP) is 0.690. The molecule has 0 aliphatic heterocycles. The summed E-state index contributed by atoms with van der Waals surface area (Å²) < 4.78 is 4.90. The summed E-state index contributed by atoms with van der Waals surface area (Å²) in [6, 6.07) is -1.14. The van der Waals surface area contributed by atoms with Gasteiger partial charge in [-0.1, -0.05) is 0 Å². The third kappa shape index (κ3) is 7.98. The van der Waals surface area contributed by atoms with Crippen LogP contribution in [-0.2, 0) is 14.3 Å². The minimum Gasteiger partial charge on any atom is -0.480 e. The molecule has 0 saturated carbocycles. The van der Waals surface area contributed by atoms with Crippen LogP contribution in [0.5, 0.6) is 0 Å². The molecule has 0 unspecified atom stereocenters. The van der Waals surface area contributed by atoms with E-state index in [0.29, 0.717) is 0 Å². The van der Waals surface area contributed by atoms with Crippen LogP contribution >= 0.6 is 0 Å². The topological polar surface area (TPSA) is 105 Å². The molecule has 1 atom stereocenters. The monoisotopic (exact) mass is 244 g/mol. The third-order valence-electron chi connectivity index (χ3n) is 1.58. The highest BCUT2D eigenvalue weighted by atomic mass is 16.6. The highest BCUT2D eigenvalue weighted by Crippen LogP contribution is 2.07. The Morgan fingerprint density at radius 2 is 2.06 bits per heavy atom. The average molecular weight is 244 g/mol. The molecule has 7 heteroatoms. The van der Waals surface area contributed by atoms with Crippen molar-refractivity contribution in [1.29, 1.82) is 0 Å². The third-order valence-corrected chi connectivity index (χ3v) is 1.58. The molecule has 96 valence electrons. The van der Waals surface area contributed by atoms with Crippen LogP contribution in [0.3, 0.4) is 0 Å². The molecule has 0 heterocycles. The van der Waals surface area contributed by atoms with Crippen molar-refractivity contribution in [3.8, 4) is 0 Å². The molecule has 0 radical (unpaired) electrons. The lowest BCUT2D eigenvalue weighted by molar-refractivity contribution is -0.139. The molecule has 0 fully saturated rings. The summed E-state index contributed by atoms with van der Waals surface area (Å²) in [7, 11) is 0. The summed E-state index contributed by atoms with van der Waals surface area (Å²) in [5, 5.41) is 11.0. The molecule has 0 spiro atoms. The molecular formula is C10H16N2O5. The number of hydrogen-bond donors (Lipinski definition) is 2. The smallest absolute Gasteiger partial charge is 0.408 e. The number of nitrogens with zero attached hydrogens (tertiary/aromatic N) is 1. The fourth-order valence-corrected chi connectivity index (χ4v) is 0.946. The van der Waals surface area contributed by atoms with Crippen molar-refractivity contribution in [2.24, 2.45) is 4.99 Å². The Labute approximate surface area is 98.9 Å². The Bertz CT molecular complexity index is 328. The second-order valence-electron chi connectivity index (χ2n) is 4.30. The first-order valence-corrected chi connectivity index (χ1v) is 5.02. The first kappa shape index (κ1) is 15.1. The van der Waals surface area contributed by atoms with Crippen LogP contribution in [0.25, 0.3) is 0 Å². The van der Waals surface area contributed by atoms with E-state index in [-0.39, 0.29) is 13.0 Å². The lowest BCUT2D eigenvalue weighted by atomic mass is 10.2. The highest BCUT2D eigenvalue weighted by molar-refractivity contribution is 5.80. The van der Waals surface area contributed by atoms with E-state index in [1.807, 2.05) is 0 Å². The SMILES string of the molecule is CC(C)(C)OC(=O)N[C@@H](CCN=C=O)C(=O)O. The maximum Gasteiger partial charge on any atom is 0.408 e. The molecule has 7 nitrogen and oxygen atoms in total. The van der Waals surface area contributed by atoms with E-state index >= 15 is 0 Å². The number of isocyanates is 1. The van der Waals surface area contributed by atoms with Crippen LogP contribution in [0.2, 0.25) is 0 Å². The van der Waals surface area contributed by atoms with Gasteiger partial charge in [0, 0.05) is 0 Å². The molecule has 0 aromatic heterocycles. The maximum absolute atomic E-state index is 11.3. The zero-order valence-electron chi connectivity index (χ0n) is 10.0. The van der Waals surface area contributed by atoms with Gasteiger partial charge in [-0.15, -0.1) is 0 Å². The second-order valence-corrected chi connectivity index (χ2v) is 4.30. The number of nitrogens with one attached hydrogen (secondary N) is 1. The molecule has 0 aliphatic carbocycles. The number of carbonyl (C=O) groups excluding carboxylic acids is 2. The zero-order chi connectivity index (χ0) is 13.5. The van der Waals surface area contributed by atoms with Gasteiger partial charge >= 0.3 is 12.1 Å². The summed E-state index contributed by atoms with van der Waals surface area (Å²) >= 11 is 0. The van der Waals surface area contributed by atoms with E-state index in [2.05, 4.69) is 10.3 Å². The minimum absolute atomic E-state index is 0.00379. The highest BCUT2D eigenvalue weighted by Gasteiger charge is 2.23. The number of ether oxygens (including phenoxy) is 1. The van der Waals surface area contributed by atoms with E-state index in [0.717, 1.165) is 0 Å². The van der Waals surface area contributed by atoms with Gasteiger partial charge in [0.2, 0.25) is 6.08 Å². The van der Waals surface area contributed by atoms with Gasteiger partial charge in [-0.25, -0.2) is 19.4 Å². The van der Waals surface area contributed by atoms with Crippen molar-refractivity contribution in [2.75, 3.05) is 6.54 Å². The molecule has 0 bridgehead atoms. The Kier molecular flexibility index (Phi) is 5.91. The van der Waals surface area contributed by atoms with Crippen molar-refractivity contribution in [1.82, 2.24) is 5.32 Å². The largest absolute Gasteiger partial charge is 0.480 e. The number of aliphatic imine (C=N–C) groups is 1. The summed E-state index contributed by atoms with van der Waals surface area (Å²) in [4.78, 5) is 35.1. The number of alkyl carbamates (subject to hydrolysis) is 1. The number of rotatable bonds is 5. The average Bonchev–Trinajstić information content (AvgIpc) is 2.13. The lowest BCUT2D eigenvalue weighted by Crippen LogP contribution is -2.43. The van der Waals surface area contributed by atoms with Crippen molar-refractivity contribution >= 4 is 18.1 Å². The quantitative estimate of drug-likeness (QED) is 0.546. The van der Waals surface area contributed by atoms with Gasteiger partial charge in [0.25, 0.3) is 0 Å². The minimum atomic E-state index is -1.21. The van der Waals surface area contributed by atoms with E-state index in [4.69, 9.17) is 9.84 Å². The summed E-state index contributed by atoms with van der Waals surface area (Å²) in [5.41, 5.74) is -0.700. The first-order valence-electron chi connectivity index (χ1n) is 5.02. The van der Waals surface area contributed by atoms with Crippen molar-refractivity contribution in [2.45, 2.75) is 38.8 Å². The van der Waals surface area contributed by atoms with Crippen LogP contribution in [0, 0.1) is 0 Å². The van der Waals surface area contributed by atoms with Gasteiger partial charge in [-0.2, -0.15) is 0 Å². The standard InChI is InChI=1S/C10H16N2O5/c1-10(2,3)17-9(16)12-7(8(14)15)4-5-11-6-13/h7H,4-5H2,1-3H3,(H,12,16)(H,14,15)/t7-/m0/s1. The summed E-state index contributed by atoms with van der Waals surface area (Å²) in [6.07, 6.45) is 0.476. The fraction of sp³-hybridized carbons (Fsp3) is 0.700. The predicted molar refractivity (Wildman–Crippen MR) is 58.4 cm³/mol. The Balaban J connectivity index is 4.30. The van der Waals surface area contributed by atoms with Crippen molar-refractivity contribution < 1.29 is 24.2 Å². The number of carboxylic acid groups (broad SMARTS) is 1. The van der Waals surface area contributed by atoms with Crippen molar-refractivity contribution in [3.63, 3.8) is 0 Å². The molecule has 0 rings (SSSR count). The van der Waals surface area contributed by atoms with E-state index in [9.17, 15) is 14.4 Å². The molecule has 0 aliphatic rings. The lowest BCUT2D eigenvalue weighted by Gasteiger charge is -2.21. The number of aliphatic carboxylic acids is 1. The molecule has 17 heavy (non-hydrogen) atoms. The molecular weight excluding hydrogens is 228 g/mol. The molecule has 1 amide bonds. The molecule has 0 aromatic carbocycles. The number of amides is 1. The number of carboxylic acids is 1. The van der Waals surface area contributed by atoms with Gasteiger partial charge < -0.3 is 15.2 Å². The Morgan fingerprint density at radius 1 is 1.47 bits per heavy atom. The van der Waals surface area contributed by atoms with Crippen molar-refractivity contribution in [3.05, 3.63) is 0 Å². The van der Waals surface area contributed by atoms with Crippen LogP contribution in [0.4, 0.5) is 4.79 Å². The normalized spacial score (nSPS) is 12.2. The van der Waals surface area contributed by atoms with E-state index in [1.165, 1.54) is 6.08 Å². The maximum atomic E-state index is 11.3. The van der Waals surface area contributed by atoms with Gasteiger partial charge in [0.15, 0.2) is 0 Å². The summed E-state index contributed by atoms with van der Waals surface area (Å²) in [6.45, 7) is 4.98. The molecule has 2 N–H and O–H groups in total. The van der Waals surface area contributed by atoms with Gasteiger partial charge in [0.05, 0.1) is 6.54 Å². The number of carbonyl (C=O) groups is 2. The second kappa shape index (κ2) is 6.65. The molecule has 0 saturated heterocycles. The molecule has 0 aromatic rings. The van der Waals surface area contributed by atoms with Crippen LogP contribution < -0.4 is 5.32 Å². The number of hydrogen-bond acceptors (Lipinski definition) is 5.